The summed E-state index contributed by atoms with van der Waals surface area (Å²) in [4.78, 5) is 37.9. The highest BCUT2D eigenvalue weighted by atomic mass is 35.5. The van der Waals surface area contributed by atoms with E-state index < -0.39 is 17.8 Å². The number of nitrogens with zero attached hydrogens (tertiary/aromatic N) is 1. The van der Waals surface area contributed by atoms with Crippen LogP contribution >= 0.6 is 23.8 Å². The highest BCUT2D eigenvalue weighted by Gasteiger charge is 2.34. The van der Waals surface area contributed by atoms with Crippen molar-refractivity contribution in [1.29, 1.82) is 0 Å². The summed E-state index contributed by atoms with van der Waals surface area (Å²) in [6, 6.07) is 14.8. The van der Waals surface area contributed by atoms with E-state index in [0.29, 0.717) is 17.0 Å². The SMILES string of the molecule is Cc1cccc(N2C(=O)/C(=C\c3ccc(-c4ccc(C(=O)O)c(Cl)c4)o3)C(=O)NC2=S)c1. The lowest BCUT2D eigenvalue weighted by atomic mass is 10.1. The Morgan fingerprint density at radius 1 is 1.16 bits per heavy atom. The van der Waals surface area contributed by atoms with Crippen LogP contribution in [0.2, 0.25) is 5.02 Å². The molecule has 2 heterocycles. The van der Waals surface area contributed by atoms with E-state index in [1.165, 1.54) is 23.1 Å². The van der Waals surface area contributed by atoms with E-state index in [1.54, 1.807) is 36.4 Å². The Labute approximate surface area is 192 Å². The quantitative estimate of drug-likeness (QED) is 0.335. The molecule has 0 bridgehead atoms. The van der Waals surface area contributed by atoms with Crippen molar-refractivity contribution in [3.63, 3.8) is 0 Å². The Balaban J connectivity index is 1.66. The van der Waals surface area contributed by atoms with Crippen LogP contribution in [0.1, 0.15) is 21.7 Å². The Hall–Kier alpha value is -3.75. The van der Waals surface area contributed by atoms with Gasteiger partial charge in [0, 0.05) is 5.56 Å². The third kappa shape index (κ3) is 4.05. The Morgan fingerprint density at radius 3 is 2.62 bits per heavy atom. The van der Waals surface area contributed by atoms with Crippen molar-refractivity contribution >= 4 is 58.5 Å². The van der Waals surface area contributed by atoms with Gasteiger partial charge in [0.05, 0.1) is 16.3 Å². The number of anilines is 1. The van der Waals surface area contributed by atoms with Crippen LogP contribution in [-0.2, 0) is 9.59 Å². The lowest BCUT2D eigenvalue weighted by Crippen LogP contribution is -2.54. The van der Waals surface area contributed by atoms with Crippen molar-refractivity contribution in [3.8, 4) is 11.3 Å². The van der Waals surface area contributed by atoms with Gasteiger partial charge in [-0.05, 0) is 67.2 Å². The van der Waals surface area contributed by atoms with Gasteiger partial charge < -0.3 is 9.52 Å². The van der Waals surface area contributed by atoms with Crippen LogP contribution in [0.3, 0.4) is 0 Å². The third-order valence-electron chi connectivity index (χ3n) is 4.76. The number of hydrogen-bond donors (Lipinski definition) is 2. The normalized spacial score (nSPS) is 15.2. The maximum absolute atomic E-state index is 13.1. The first-order valence-corrected chi connectivity index (χ1v) is 10.1. The monoisotopic (exact) mass is 466 g/mol. The smallest absolute Gasteiger partial charge is 0.337 e. The summed E-state index contributed by atoms with van der Waals surface area (Å²) in [7, 11) is 0. The zero-order valence-corrected chi connectivity index (χ0v) is 18.2. The Morgan fingerprint density at radius 2 is 1.94 bits per heavy atom. The molecule has 0 atom stereocenters. The number of nitrogens with one attached hydrogen (secondary N) is 1. The summed E-state index contributed by atoms with van der Waals surface area (Å²) >= 11 is 11.2. The minimum Gasteiger partial charge on any atom is -0.478 e. The van der Waals surface area contributed by atoms with Gasteiger partial charge in [0.2, 0.25) is 0 Å². The summed E-state index contributed by atoms with van der Waals surface area (Å²) in [5.74, 6) is -1.68. The summed E-state index contributed by atoms with van der Waals surface area (Å²) < 4.78 is 5.75. The van der Waals surface area contributed by atoms with Gasteiger partial charge in [0.1, 0.15) is 17.1 Å². The number of aromatic carboxylic acids is 1. The number of rotatable bonds is 4. The molecule has 0 radical (unpaired) electrons. The van der Waals surface area contributed by atoms with Crippen LogP contribution in [0.4, 0.5) is 5.69 Å². The van der Waals surface area contributed by atoms with Crippen molar-refractivity contribution in [2.24, 2.45) is 0 Å². The topological polar surface area (TPSA) is 99.8 Å². The molecule has 32 heavy (non-hydrogen) atoms. The number of furan rings is 1. The molecule has 3 aromatic rings. The van der Waals surface area contributed by atoms with Crippen LogP contribution in [0.15, 0.2) is 64.6 Å². The van der Waals surface area contributed by atoms with Crippen molar-refractivity contribution in [3.05, 3.63) is 82.1 Å². The standard InChI is InChI=1S/C23H15ClN2O5S/c1-12-3-2-4-14(9-12)26-21(28)17(20(27)25-23(26)32)11-15-6-8-19(31-15)13-5-7-16(22(29)30)18(24)10-13/h2-11H,1H3,(H,29,30)(H,25,27,32)/b17-11-. The fourth-order valence-corrected chi connectivity index (χ4v) is 3.77. The molecule has 1 fully saturated rings. The summed E-state index contributed by atoms with van der Waals surface area (Å²) in [5.41, 5.74) is 1.86. The number of amides is 2. The summed E-state index contributed by atoms with van der Waals surface area (Å²) in [6.45, 7) is 1.88. The number of carbonyl (C=O) groups is 3. The number of hydrogen-bond acceptors (Lipinski definition) is 5. The maximum atomic E-state index is 13.1. The molecule has 2 aromatic carbocycles. The van der Waals surface area contributed by atoms with Crippen molar-refractivity contribution in [1.82, 2.24) is 5.32 Å². The van der Waals surface area contributed by atoms with Gasteiger partial charge in [-0.2, -0.15) is 0 Å². The van der Waals surface area contributed by atoms with E-state index in [9.17, 15) is 14.4 Å². The predicted octanol–water partition coefficient (Wildman–Crippen LogP) is 4.44. The first kappa shape index (κ1) is 21.5. The fourth-order valence-electron chi connectivity index (χ4n) is 3.23. The molecule has 0 saturated carbocycles. The van der Waals surface area contributed by atoms with Gasteiger partial charge in [-0.25, -0.2) is 4.79 Å². The summed E-state index contributed by atoms with van der Waals surface area (Å²) in [6.07, 6.45) is 1.33. The second-order valence-electron chi connectivity index (χ2n) is 7.00. The molecule has 1 aliphatic heterocycles. The Bertz CT molecular complexity index is 1330. The number of aryl methyl sites for hydroxylation is 1. The first-order chi connectivity index (χ1) is 15.2. The predicted molar refractivity (Wildman–Crippen MR) is 123 cm³/mol. The van der Waals surface area contributed by atoms with E-state index in [4.69, 9.17) is 33.3 Å². The molecule has 4 rings (SSSR count). The van der Waals surface area contributed by atoms with Crippen molar-refractivity contribution in [2.75, 3.05) is 4.90 Å². The van der Waals surface area contributed by atoms with Gasteiger partial charge in [0.15, 0.2) is 5.11 Å². The van der Waals surface area contributed by atoms with Crippen molar-refractivity contribution < 1.29 is 23.9 Å². The minimum atomic E-state index is -1.13. The molecule has 2 N–H and O–H groups in total. The molecule has 2 amide bonds. The van der Waals surface area contributed by atoms with E-state index in [1.807, 2.05) is 13.0 Å². The lowest BCUT2D eigenvalue weighted by Gasteiger charge is -2.29. The number of carbonyl (C=O) groups excluding carboxylic acids is 2. The van der Waals surface area contributed by atoms with Gasteiger partial charge in [0.25, 0.3) is 11.8 Å². The van der Waals surface area contributed by atoms with Gasteiger partial charge in [-0.15, -0.1) is 0 Å². The average Bonchev–Trinajstić information content (AvgIpc) is 3.19. The molecule has 0 aliphatic carbocycles. The van der Waals surface area contributed by atoms with Crippen LogP contribution < -0.4 is 10.2 Å². The van der Waals surface area contributed by atoms with Gasteiger partial charge in [-0.3, -0.25) is 19.8 Å². The zero-order valence-electron chi connectivity index (χ0n) is 16.6. The van der Waals surface area contributed by atoms with Crippen LogP contribution in [0.5, 0.6) is 0 Å². The molecule has 9 heteroatoms. The van der Waals surface area contributed by atoms with E-state index >= 15 is 0 Å². The number of halogens is 1. The number of benzene rings is 2. The Kier molecular flexibility index (Phi) is 5.65. The van der Waals surface area contributed by atoms with Gasteiger partial charge in [-0.1, -0.05) is 29.8 Å². The third-order valence-corrected chi connectivity index (χ3v) is 5.36. The molecule has 7 nitrogen and oxygen atoms in total. The van der Waals surface area contributed by atoms with E-state index in [-0.39, 0.29) is 27.0 Å². The summed E-state index contributed by atoms with van der Waals surface area (Å²) in [5, 5.41) is 11.7. The molecule has 0 unspecified atom stereocenters. The van der Waals surface area contributed by atoms with E-state index in [2.05, 4.69) is 5.32 Å². The van der Waals surface area contributed by atoms with Crippen molar-refractivity contribution in [2.45, 2.75) is 6.92 Å². The highest BCUT2D eigenvalue weighted by molar-refractivity contribution is 7.80. The molecule has 160 valence electrons. The molecule has 1 aromatic heterocycles. The molecular weight excluding hydrogens is 452 g/mol. The largest absolute Gasteiger partial charge is 0.478 e. The number of carboxylic acids is 1. The molecule has 0 spiro atoms. The second kappa shape index (κ2) is 8.41. The number of thiocarbonyl (C=S) groups is 1. The molecular formula is C23H15ClN2O5S. The van der Waals surface area contributed by atoms with Crippen LogP contribution in [0, 0.1) is 6.92 Å². The first-order valence-electron chi connectivity index (χ1n) is 9.36. The molecule has 1 aliphatic rings. The van der Waals surface area contributed by atoms with Gasteiger partial charge >= 0.3 is 5.97 Å². The minimum absolute atomic E-state index is 0.00366. The number of carboxylic acid groups (broad SMARTS) is 1. The lowest BCUT2D eigenvalue weighted by molar-refractivity contribution is -0.122. The van der Waals surface area contributed by atoms with Crippen LogP contribution in [-0.4, -0.2) is 28.0 Å². The zero-order chi connectivity index (χ0) is 23.0. The second-order valence-corrected chi connectivity index (χ2v) is 7.79. The van der Waals surface area contributed by atoms with Crippen LogP contribution in [0.25, 0.3) is 17.4 Å². The van der Waals surface area contributed by atoms with E-state index in [0.717, 1.165) is 5.56 Å². The maximum Gasteiger partial charge on any atom is 0.337 e. The highest BCUT2D eigenvalue weighted by Crippen LogP contribution is 2.29. The average molecular weight is 467 g/mol. The molecule has 1 saturated heterocycles. The fraction of sp³-hybridized carbons (Fsp3) is 0.0435.